The molecule has 1 saturated heterocycles. The molecule has 0 spiro atoms. The molecule has 1 aromatic carbocycles. The molecule has 0 atom stereocenters. The molecule has 1 aliphatic heterocycles. The summed E-state index contributed by atoms with van der Waals surface area (Å²) in [6.07, 6.45) is 1.99. The fraction of sp³-hybridized carbons (Fsp3) is 0.611. The van der Waals surface area contributed by atoms with E-state index in [2.05, 4.69) is 31.3 Å². The van der Waals surface area contributed by atoms with Crippen LogP contribution in [0.4, 0.5) is 0 Å². The molecule has 1 heterocycles. The smallest absolute Gasteiger partial charge is 0.223 e. The number of methoxy groups -OCH3 is 1. The first kappa shape index (κ1) is 16.8. The summed E-state index contributed by atoms with van der Waals surface area (Å²) in [5, 5.41) is 3.07. The van der Waals surface area contributed by atoms with Crippen molar-refractivity contribution in [1.29, 1.82) is 0 Å². The zero-order valence-electron chi connectivity index (χ0n) is 14.0. The van der Waals surface area contributed by atoms with Crippen molar-refractivity contribution in [3.63, 3.8) is 0 Å². The van der Waals surface area contributed by atoms with Crippen molar-refractivity contribution in [2.45, 2.75) is 33.2 Å². The standard InChI is InChI=1S/C18H28N2O2/c1-14(2)12-19-18(21)16-8-10-20(11-9-16)13-15-4-6-17(22-3)7-5-15/h4-7,14,16H,8-13H2,1-3H3,(H,19,21)/p+1. The lowest BCUT2D eigenvalue weighted by Crippen LogP contribution is -3.11. The molecular formula is C18H29N2O2+. The number of likely N-dealkylation sites (tertiary alicyclic amines) is 1. The van der Waals surface area contributed by atoms with Crippen LogP contribution in [0.1, 0.15) is 32.3 Å². The first-order valence-corrected chi connectivity index (χ1v) is 8.32. The topological polar surface area (TPSA) is 42.8 Å². The Morgan fingerprint density at radius 3 is 2.45 bits per heavy atom. The first-order valence-electron chi connectivity index (χ1n) is 8.32. The Balaban J connectivity index is 1.75. The predicted octanol–water partition coefficient (Wildman–Crippen LogP) is 1.26. The van der Waals surface area contributed by atoms with E-state index in [1.54, 1.807) is 12.0 Å². The number of rotatable bonds is 6. The van der Waals surface area contributed by atoms with Crippen molar-refractivity contribution in [1.82, 2.24) is 5.32 Å². The number of piperidine rings is 1. The average Bonchev–Trinajstić information content (AvgIpc) is 2.54. The van der Waals surface area contributed by atoms with Crippen molar-refractivity contribution in [2.75, 3.05) is 26.7 Å². The monoisotopic (exact) mass is 305 g/mol. The molecular weight excluding hydrogens is 276 g/mol. The predicted molar refractivity (Wildman–Crippen MR) is 88.0 cm³/mol. The quantitative estimate of drug-likeness (QED) is 0.831. The van der Waals surface area contributed by atoms with Gasteiger partial charge in [-0.2, -0.15) is 0 Å². The summed E-state index contributed by atoms with van der Waals surface area (Å²) in [5.41, 5.74) is 1.33. The van der Waals surface area contributed by atoms with Gasteiger partial charge in [-0.05, 0) is 30.2 Å². The van der Waals surface area contributed by atoms with Gasteiger partial charge < -0.3 is 15.0 Å². The number of nitrogens with one attached hydrogen (secondary N) is 2. The molecule has 1 fully saturated rings. The van der Waals surface area contributed by atoms with E-state index in [0.29, 0.717) is 5.92 Å². The van der Waals surface area contributed by atoms with E-state index < -0.39 is 0 Å². The van der Waals surface area contributed by atoms with Crippen LogP contribution >= 0.6 is 0 Å². The zero-order chi connectivity index (χ0) is 15.9. The van der Waals surface area contributed by atoms with Crippen molar-refractivity contribution < 1.29 is 14.4 Å². The van der Waals surface area contributed by atoms with Gasteiger partial charge in [0.05, 0.1) is 20.2 Å². The second-order valence-electron chi connectivity index (χ2n) is 6.69. The Hall–Kier alpha value is -1.55. The minimum atomic E-state index is 0.207. The molecule has 1 aromatic rings. The molecule has 0 radical (unpaired) electrons. The molecule has 1 amide bonds. The summed E-state index contributed by atoms with van der Waals surface area (Å²) < 4.78 is 5.19. The number of carbonyl (C=O) groups is 1. The van der Waals surface area contributed by atoms with Gasteiger partial charge in [0.15, 0.2) is 0 Å². The van der Waals surface area contributed by atoms with E-state index in [1.165, 1.54) is 5.56 Å². The molecule has 0 aromatic heterocycles. The summed E-state index contributed by atoms with van der Waals surface area (Å²) in [5.74, 6) is 1.87. The summed E-state index contributed by atoms with van der Waals surface area (Å²) in [6, 6.07) is 8.29. The van der Waals surface area contributed by atoms with Crippen LogP contribution in [-0.4, -0.2) is 32.7 Å². The van der Waals surface area contributed by atoms with Gasteiger partial charge in [-0.3, -0.25) is 4.79 Å². The van der Waals surface area contributed by atoms with Crippen molar-refractivity contribution in [3.8, 4) is 5.75 Å². The number of quaternary nitrogens is 1. The summed E-state index contributed by atoms with van der Waals surface area (Å²) in [7, 11) is 1.69. The lowest BCUT2D eigenvalue weighted by atomic mass is 9.95. The van der Waals surface area contributed by atoms with Gasteiger partial charge in [0.25, 0.3) is 0 Å². The Morgan fingerprint density at radius 2 is 1.91 bits per heavy atom. The minimum absolute atomic E-state index is 0.207. The Labute approximate surface area is 133 Å². The van der Waals surface area contributed by atoms with Crippen LogP contribution in [0.2, 0.25) is 0 Å². The molecule has 2 rings (SSSR count). The molecule has 2 N–H and O–H groups in total. The third kappa shape index (κ3) is 5.02. The number of benzene rings is 1. The van der Waals surface area contributed by atoms with Crippen LogP contribution in [-0.2, 0) is 11.3 Å². The third-order valence-corrected chi connectivity index (χ3v) is 4.36. The molecule has 1 aliphatic rings. The normalized spacial score (nSPS) is 21.6. The molecule has 0 saturated carbocycles. The van der Waals surface area contributed by atoms with Gasteiger partial charge in [-0.25, -0.2) is 0 Å². The largest absolute Gasteiger partial charge is 0.497 e. The summed E-state index contributed by atoms with van der Waals surface area (Å²) >= 11 is 0. The maximum absolute atomic E-state index is 12.1. The van der Waals surface area contributed by atoms with E-state index in [-0.39, 0.29) is 11.8 Å². The molecule has 0 aliphatic carbocycles. The lowest BCUT2D eigenvalue weighted by Gasteiger charge is -2.28. The van der Waals surface area contributed by atoms with Crippen LogP contribution in [0.25, 0.3) is 0 Å². The second-order valence-corrected chi connectivity index (χ2v) is 6.69. The highest BCUT2D eigenvalue weighted by atomic mass is 16.5. The highest BCUT2D eigenvalue weighted by molar-refractivity contribution is 5.78. The minimum Gasteiger partial charge on any atom is -0.497 e. The fourth-order valence-electron chi connectivity index (χ4n) is 2.95. The number of ether oxygens (including phenoxy) is 1. The summed E-state index contributed by atoms with van der Waals surface area (Å²) in [4.78, 5) is 13.7. The van der Waals surface area contributed by atoms with Crippen molar-refractivity contribution in [2.24, 2.45) is 11.8 Å². The van der Waals surface area contributed by atoms with E-state index >= 15 is 0 Å². The lowest BCUT2D eigenvalue weighted by molar-refractivity contribution is -0.919. The van der Waals surface area contributed by atoms with Gasteiger partial charge in [0.1, 0.15) is 12.3 Å². The van der Waals surface area contributed by atoms with E-state index in [9.17, 15) is 4.79 Å². The van der Waals surface area contributed by atoms with Gasteiger partial charge in [-0.1, -0.05) is 13.8 Å². The Kier molecular flexibility index (Phi) is 6.25. The van der Waals surface area contributed by atoms with Gasteiger partial charge in [0, 0.05) is 30.9 Å². The number of amides is 1. The van der Waals surface area contributed by atoms with Crippen LogP contribution in [0.5, 0.6) is 5.75 Å². The second kappa shape index (κ2) is 8.18. The zero-order valence-corrected chi connectivity index (χ0v) is 14.0. The van der Waals surface area contributed by atoms with E-state index in [0.717, 1.165) is 44.8 Å². The number of carbonyl (C=O) groups excluding carboxylic acids is 1. The molecule has 122 valence electrons. The van der Waals surface area contributed by atoms with Crippen LogP contribution in [0.3, 0.4) is 0 Å². The molecule has 4 nitrogen and oxygen atoms in total. The molecule has 0 bridgehead atoms. The first-order chi connectivity index (χ1) is 10.6. The number of hydrogen-bond acceptors (Lipinski definition) is 2. The van der Waals surface area contributed by atoms with Gasteiger partial charge >= 0.3 is 0 Å². The third-order valence-electron chi connectivity index (χ3n) is 4.36. The van der Waals surface area contributed by atoms with Gasteiger partial charge in [-0.15, -0.1) is 0 Å². The summed E-state index contributed by atoms with van der Waals surface area (Å²) in [6.45, 7) is 8.23. The average molecular weight is 305 g/mol. The molecule has 22 heavy (non-hydrogen) atoms. The maximum Gasteiger partial charge on any atom is 0.223 e. The molecule has 0 unspecified atom stereocenters. The SMILES string of the molecule is COc1ccc(C[NH+]2CCC(C(=O)NCC(C)C)CC2)cc1. The van der Waals surface area contributed by atoms with Crippen LogP contribution < -0.4 is 15.0 Å². The Morgan fingerprint density at radius 1 is 1.27 bits per heavy atom. The maximum atomic E-state index is 12.1. The fourth-order valence-corrected chi connectivity index (χ4v) is 2.95. The van der Waals surface area contributed by atoms with Crippen molar-refractivity contribution in [3.05, 3.63) is 29.8 Å². The van der Waals surface area contributed by atoms with E-state index in [4.69, 9.17) is 4.74 Å². The van der Waals surface area contributed by atoms with E-state index in [1.807, 2.05) is 12.1 Å². The van der Waals surface area contributed by atoms with Crippen molar-refractivity contribution >= 4 is 5.91 Å². The van der Waals surface area contributed by atoms with Gasteiger partial charge in [0.2, 0.25) is 5.91 Å². The van der Waals surface area contributed by atoms with Crippen LogP contribution in [0, 0.1) is 11.8 Å². The Bertz CT molecular complexity index is 462. The molecule has 4 heteroatoms. The highest BCUT2D eigenvalue weighted by Crippen LogP contribution is 2.12. The number of hydrogen-bond donors (Lipinski definition) is 2. The van der Waals surface area contributed by atoms with Crippen LogP contribution in [0.15, 0.2) is 24.3 Å². The highest BCUT2D eigenvalue weighted by Gasteiger charge is 2.27.